The third-order valence-corrected chi connectivity index (χ3v) is 3.70. The Hall–Kier alpha value is -2.72. The molecule has 1 aromatic carbocycles. The van der Waals surface area contributed by atoms with Gasteiger partial charge in [0.25, 0.3) is 0 Å². The summed E-state index contributed by atoms with van der Waals surface area (Å²) in [4.78, 5) is 17.4. The van der Waals surface area contributed by atoms with Gasteiger partial charge in [0, 0.05) is 31.7 Å². The molecule has 2 N–H and O–H groups in total. The second-order valence-electron chi connectivity index (χ2n) is 5.30. The topological polar surface area (TPSA) is 95.0 Å². The fourth-order valence-corrected chi connectivity index (χ4v) is 2.35. The van der Waals surface area contributed by atoms with Crippen molar-refractivity contribution < 1.29 is 0 Å². The number of anilines is 2. The third kappa shape index (κ3) is 2.97. The van der Waals surface area contributed by atoms with Crippen molar-refractivity contribution in [2.45, 2.75) is 0 Å². The Kier molecular flexibility index (Phi) is 3.85. The molecule has 1 fully saturated rings. The maximum atomic E-state index is 8.86. The normalized spacial score (nSPS) is 15.5. The van der Waals surface area contributed by atoms with E-state index >= 15 is 0 Å². The highest BCUT2D eigenvalue weighted by atomic mass is 15.3. The first-order valence-corrected chi connectivity index (χ1v) is 7.11. The molecule has 0 amide bonds. The molecule has 0 aliphatic carbocycles. The zero-order valence-corrected chi connectivity index (χ0v) is 12.4. The first-order chi connectivity index (χ1) is 10.7. The average Bonchev–Trinajstić information content (AvgIpc) is 2.55. The number of piperazine rings is 1. The highest BCUT2D eigenvalue weighted by molar-refractivity contribution is 5.59. The maximum Gasteiger partial charge on any atom is 0.230 e. The van der Waals surface area contributed by atoms with Crippen molar-refractivity contribution in [3.8, 4) is 17.5 Å². The predicted molar refractivity (Wildman–Crippen MR) is 84.1 cm³/mol. The van der Waals surface area contributed by atoms with Crippen LogP contribution in [0.15, 0.2) is 24.3 Å². The highest BCUT2D eigenvalue weighted by Gasteiger charge is 2.18. The lowest BCUT2D eigenvalue weighted by Gasteiger charge is -2.32. The largest absolute Gasteiger partial charge is 0.368 e. The summed E-state index contributed by atoms with van der Waals surface area (Å²) < 4.78 is 0. The van der Waals surface area contributed by atoms with Gasteiger partial charge in [0.2, 0.25) is 11.9 Å². The molecule has 0 bridgehead atoms. The fourth-order valence-electron chi connectivity index (χ4n) is 2.35. The molecular formula is C15H17N7. The van der Waals surface area contributed by atoms with Gasteiger partial charge < -0.3 is 15.5 Å². The van der Waals surface area contributed by atoms with Crippen LogP contribution in [0.2, 0.25) is 0 Å². The Balaban J connectivity index is 1.90. The number of rotatable bonds is 2. The van der Waals surface area contributed by atoms with E-state index in [1.165, 1.54) is 0 Å². The standard InChI is InChI=1S/C15H17N7/c1-21-6-8-22(9-7-21)15-19-13(18-14(17)20-15)12-4-2-11(10-16)3-5-12/h2-5H,6-9H2,1H3,(H2,17,18,19,20). The first kappa shape index (κ1) is 14.2. The maximum absolute atomic E-state index is 8.86. The first-order valence-electron chi connectivity index (χ1n) is 7.11. The van der Waals surface area contributed by atoms with E-state index in [2.05, 4.69) is 37.9 Å². The summed E-state index contributed by atoms with van der Waals surface area (Å²) in [5.74, 6) is 1.36. The number of nitrogen functional groups attached to an aromatic ring is 1. The molecule has 1 aliphatic heterocycles. The zero-order chi connectivity index (χ0) is 15.5. The lowest BCUT2D eigenvalue weighted by Crippen LogP contribution is -2.45. The van der Waals surface area contributed by atoms with Gasteiger partial charge in [0.05, 0.1) is 11.6 Å². The number of hydrogen-bond acceptors (Lipinski definition) is 7. The fraction of sp³-hybridized carbons (Fsp3) is 0.333. The van der Waals surface area contributed by atoms with Crippen LogP contribution in [-0.4, -0.2) is 53.1 Å². The molecule has 1 aromatic heterocycles. The average molecular weight is 295 g/mol. The van der Waals surface area contributed by atoms with Crippen LogP contribution in [0, 0.1) is 11.3 Å². The molecule has 2 aromatic rings. The van der Waals surface area contributed by atoms with E-state index in [9.17, 15) is 0 Å². The van der Waals surface area contributed by atoms with E-state index in [0.29, 0.717) is 17.3 Å². The molecular weight excluding hydrogens is 278 g/mol. The molecule has 112 valence electrons. The molecule has 7 heteroatoms. The Labute approximate surface area is 129 Å². The predicted octanol–water partition coefficient (Wildman–Crippen LogP) is 0.744. The van der Waals surface area contributed by atoms with Crippen LogP contribution in [0.1, 0.15) is 5.56 Å². The second kappa shape index (κ2) is 5.95. The molecule has 0 atom stereocenters. The van der Waals surface area contributed by atoms with Crippen molar-refractivity contribution in [3.05, 3.63) is 29.8 Å². The minimum Gasteiger partial charge on any atom is -0.368 e. The number of nitriles is 1. The number of likely N-dealkylation sites (N-methyl/N-ethyl adjacent to an activating group) is 1. The smallest absolute Gasteiger partial charge is 0.230 e. The van der Waals surface area contributed by atoms with Crippen molar-refractivity contribution in [1.82, 2.24) is 19.9 Å². The van der Waals surface area contributed by atoms with Crippen LogP contribution in [-0.2, 0) is 0 Å². The van der Waals surface area contributed by atoms with Crippen molar-refractivity contribution in [2.24, 2.45) is 0 Å². The Morgan fingerprint density at radius 1 is 1.05 bits per heavy atom. The van der Waals surface area contributed by atoms with Crippen molar-refractivity contribution in [3.63, 3.8) is 0 Å². The summed E-state index contributed by atoms with van der Waals surface area (Å²) in [7, 11) is 2.10. The van der Waals surface area contributed by atoms with Crippen LogP contribution >= 0.6 is 0 Å². The van der Waals surface area contributed by atoms with Crippen molar-refractivity contribution in [1.29, 1.82) is 5.26 Å². The van der Waals surface area contributed by atoms with E-state index < -0.39 is 0 Å². The SMILES string of the molecule is CN1CCN(c2nc(N)nc(-c3ccc(C#N)cc3)n2)CC1. The molecule has 2 heterocycles. The van der Waals surface area contributed by atoms with Gasteiger partial charge in [-0.25, -0.2) is 0 Å². The second-order valence-corrected chi connectivity index (χ2v) is 5.30. The van der Waals surface area contributed by atoms with Crippen LogP contribution < -0.4 is 10.6 Å². The minimum absolute atomic E-state index is 0.211. The van der Waals surface area contributed by atoms with Crippen molar-refractivity contribution >= 4 is 11.9 Å². The van der Waals surface area contributed by atoms with Gasteiger partial charge in [0.15, 0.2) is 5.82 Å². The van der Waals surface area contributed by atoms with E-state index in [0.717, 1.165) is 31.7 Å². The lowest BCUT2D eigenvalue weighted by atomic mass is 10.1. The minimum atomic E-state index is 0.211. The Morgan fingerprint density at radius 2 is 1.73 bits per heavy atom. The van der Waals surface area contributed by atoms with E-state index in [1.807, 2.05) is 12.1 Å². The van der Waals surface area contributed by atoms with Gasteiger partial charge in [-0.1, -0.05) is 0 Å². The molecule has 0 radical (unpaired) electrons. The Morgan fingerprint density at radius 3 is 2.36 bits per heavy atom. The molecule has 7 nitrogen and oxygen atoms in total. The number of aromatic nitrogens is 3. The molecule has 0 spiro atoms. The number of nitrogens with zero attached hydrogens (tertiary/aromatic N) is 6. The molecule has 22 heavy (non-hydrogen) atoms. The van der Waals surface area contributed by atoms with Gasteiger partial charge in [0.1, 0.15) is 0 Å². The quantitative estimate of drug-likeness (QED) is 0.873. The molecule has 0 unspecified atom stereocenters. The number of nitrogens with two attached hydrogens (primary N) is 1. The van der Waals surface area contributed by atoms with Crippen LogP contribution in [0.3, 0.4) is 0 Å². The third-order valence-electron chi connectivity index (χ3n) is 3.70. The summed E-state index contributed by atoms with van der Waals surface area (Å²) in [5, 5.41) is 8.86. The van der Waals surface area contributed by atoms with Crippen LogP contribution in [0.5, 0.6) is 0 Å². The summed E-state index contributed by atoms with van der Waals surface area (Å²) in [6.45, 7) is 3.68. The molecule has 1 saturated heterocycles. The van der Waals surface area contributed by atoms with Gasteiger partial charge in [-0.15, -0.1) is 0 Å². The molecule has 0 saturated carbocycles. The monoisotopic (exact) mass is 295 g/mol. The summed E-state index contributed by atoms with van der Waals surface area (Å²) >= 11 is 0. The summed E-state index contributed by atoms with van der Waals surface area (Å²) in [5.41, 5.74) is 7.26. The highest BCUT2D eigenvalue weighted by Crippen LogP contribution is 2.20. The van der Waals surface area contributed by atoms with Gasteiger partial charge in [-0.2, -0.15) is 20.2 Å². The Bertz CT molecular complexity index is 697. The lowest BCUT2D eigenvalue weighted by molar-refractivity contribution is 0.311. The van der Waals surface area contributed by atoms with E-state index in [4.69, 9.17) is 11.0 Å². The zero-order valence-electron chi connectivity index (χ0n) is 12.4. The molecule has 1 aliphatic rings. The van der Waals surface area contributed by atoms with E-state index in [1.54, 1.807) is 12.1 Å². The number of hydrogen-bond donors (Lipinski definition) is 1. The van der Waals surface area contributed by atoms with E-state index in [-0.39, 0.29) is 5.95 Å². The summed E-state index contributed by atoms with van der Waals surface area (Å²) in [6, 6.07) is 9.22. The van der Waals surface area contributed by atoms with Gasteiger partial charge in [-0.05, 0) is 31.3 Å². The van der Waals surface area contributed by atoms with Gasteiger partial charge in [-0.3, -0.25) is 0 Å². The van der Waals surface area contributed by atoms with Crippen molar-refractivity contribution in [2.75, 3.05) is 43.9 Å². The van der Waals surface area contributed by atoms with Crippen LogP contribution in [0.25, 0.3) is 11.4 Å². The van der Waals surface area contributed by atoms with Crippen LogP contribution in [0.4, 0.5) is 11.9 Å². The molecule has 3 rings (SSSR count). The van der Waals surface area contributed by atoms with Gasteiger partial charge >= 0.3 is 0 Å². The number of benzene rings is 1. The summed E-state index contributed by atoms with van der Waals surface area (Å²) in [6.07, 6.45) is 0.